The summed E-state index contributed by atoms with van der Waals surface area (Å²) < 4.78 is 5.25. The summed E-state index contributed by atoms with van der Waals surface area (Å²) in [6.45, 7) is 13.2. The minimum absolute atomic E-state index is 0.337. The highest BCUT2D eigenvalue weighted by molar-refractivity contribution is 5.67. The van der Waals surface area contributed by atoms with E-state index < -0.39 is 5.60 Å². The molecule has 1 atom stereocenters. The lowest BCUT2D eigenvalue weighted by Crippen LogP contribution is -2.35. The number of hydrogen-bond acceptors (Lipinski definition) is 4. The molecule has 0 bridgehead atoms. The van der Waals surface area contributed by atoms with Crippen molar-refractivity contribution in [2.45, 2.75) is 32.8 Å². The smallest absolute Gasteiger partial charge is 0.407 e. The fraction of sp³-hybridized carbons (Fsp3) is 0.706. The highest BCUT2D eigenvalue weighted by Gasteiger charge is 2.24. The Balaban J connectivity index is 2.29. The molecule has 5 heteroatoms. The molecular weight excluding hydrogens is 278 g/mol. The Bertz CT molecular complexity index is 411. The van der Waals surface area contributed by atoms with Gasteiger partial charge in [-0.25, -0.2) is 4.79 Å². The zero-order chi connectivity index (χ0) is 16.8. The quantitative estimate of drug-likeness (QED) is 0.766. The lowest BCUT2D eigenvalue weighted by molar-refractivity contribution is 0.0520. The highest BCUT2D eigenvalue weighted by Crippen LogP contribution is 2.20. The number of rotatable bonds is 6. The van der Waals surface area contributed by atoms with Gasteiger partial charge in [0.15, 0.2) is 0 Å². The van der Waals surface area contributed by atoms with E-state index in [2.05, 4.69) is 33.8 Å². The van der Waals surface area contributed by atoms with E-state index in [0.29, 0.717) is 12.5 Å². The van der Waals surface area contributed by atoms with E-state index in [9.17, 15) is 4.79 Å². The van der Waals surface area contributed by atoms with Gasteiger partial charge in [-0.3, -0.25) is 0 Å². The van der Waals surface area contributed by atoms with E-state index in [1.165, 1.54) is 0 Å². The van der Waals surface area contributed by atoms with Gasteiger partial charge in [0, 0.05) is 31.9 Å². The molecule has 0 aliphatic carbocycles. The number of likely N-dealkylation sites (N-methyl/N-ethyl adjacent to an activating group) is 1. The predicted molar refractivity (Wildman–Crippen MR) is 90.8 cm³/mol. The van der Waals surface area contributed by atoms with Crippen LogP contribution in [-0.4, -0.2) is 61.8 Å². The third kappa shape index (κ3) is 7.50. The van der Waals surface area contributed by atoms with E-state index in [4.69, 9.17) is 4.74 Å². The van der Waals surface area contributed by atoms with E-state index in [1.54, 1.807) is 0 Å². The maximum Gasteiger partial charge on any atom is 0.407 e. The van der Waals surface area contributed by atoms with Crippen molar-refractivity contribution in [3.8, 4) is 0 Å². The van der Waals surface area contributed by atoms with Crippen LogP contribution >= 0.6 is 0 Å². The number of nitrogens with zero attached hydrogens (tertiary/aromatic N) is 2. The van der Waals surface area contributed by atoms with Crippen molar-refractivity contribution in [3.63, 3.8) is 0 Å². The first-order chi connectivity index (χ1) is 10.2. The minimum atomic E-state index is -0.447. The average Bonchev–Trinajstić information content (AvgIpc) is 2.82. The molecule has 5 nitrogen and oxygen atoms in total. The van der Waals surface area contributed by atoms with Crippen molar-refractivity contribution >= 4 is 6.09 Å². The summed E-state index contributed by atoms with van der Waals surface area (Å²) in [5, 5.41) is 2.86. The molecule has 22 heavy (non-hydrogen) atoms. The molecule has 0 radical (unpaired) electrons. The maximum absolute atomic E-state index is 11.7. The Morgan fingerprint density at radius 1 is 1.45 bits per heavy atom. The molecule has 1 fully saturated rings. The molecule has 1 amide bonds. The largest absolute Gasteiger partial charge is 0.444 e. The molecule has 1 aliphatic rings. The highest BCUT2D eigenvalue weighted by atomic mass is 16.6. The van der Waals surface area contributed by atoms with Gasteiger partial charge in [0.2, 0.25) is 0 Å². The van der Waals surface area contributed by atoms with Crippen molar-refractivity contribution in [3.05, 3.63) is 24.4 Å². The van der Waals surface area contributed by atoms with E-state index >= 15 is 0 Å². The summed E-state index contributed by atoms with van der Waals surface area (Å²) in [5.74, 6) is 0.450. The number of alkyl carbamates (subject to hydrolysis) is 1. The van der Waals surface area contributed by atoms with Crippen LogP contribution in [0.3, 0.4) is 0 Å². The Morgan fingerprint density at radius 2 is 2.14 bits per heavy atom. The average molecular weight is 309 g/mol. The summed E-state index contributed by atoms with van der Waals surface area (Å²) in [7, 11) is 4.09. The van der Waals surface area contributed by atoms with Gasteiger partial charge < -0.3 is 19.9 Å². The van der Waals surface area contributed by atoms with Crippen LogP contribution in [-0.2, 0) is 4.74 Å². The van der Waals surface area contributed by atoms with Crippen LogP contribution < -0.4 is 5.32 Å². The molecule has 1 unspecified atom stereocenters. The second kappa shape index (κ2) is 8.22. The second-order valence-corrected chi connectivity index (χ2v) is 7.14. The summed E-state index contributed by atoms with van der Waals surface area (Å²) in [6.07, 6.45) is 4.92. The Hall–Kier alpha value is -1.49. The molecule has 0 saturated carbocycles. The van der Waals surface area contributed by atoms with Gasteiger partial charge in [0.25, 0.3) is 0 Å². The van der Waals surface area contributed by atoms with Crippen molar-refractivity contribution < 1.29 is 9.53 Å². The molecule has 1 saturated heterocycles. The number of carbonyl (C=O) groups excluding carboxylic acids is 1. The molecule has 1 aliphatic heterocycles. The number of ether oxygens (including phenoxy) is 1. The first-order valence-electron chi connectivity index (χ1n) is 7.89. The van der Waals surface area contributed by atoms with Gasteiger partial charge in [-0.2, -0.15) is 0 Å². The number of carbonyl (C=O) groups is 1. The Morgan fingerprint density at radius 3 is 2.73 bits per heavy atom. The second-order valence-electron chi connectivity index (χ2n) is 7.14. The first kappa shape index (κ1) is 18.6. The molecular formula is C17H31N3O2. The van der Waals surface area contributed by atoms with Crippen LogP contribution in [0.25, 0.3) is 0 Å². The molecule has 1 N–H and O–H groups in total. The molecule has 0 aromatic rings. The van der Waals surface area contributed by atoms with Gasteiger partial charge in [0.05, 0.1) is 0 Å². The normalized spacial score (nSPS) is 19.0. The van der Waals surface area contributed by atoms with Crippen molar-refractivity contribution in [1.29, 1.82) is 0 Å². The number of hydrogen-bond donors (Lipinski definition) is 1. The number of amides is 1. The zero-order valence-corrected chi connectivity index (χ0v) is 14.7. The summed E-state index contributed by atoms with van der Waals surface area (Å²) >= 11 is 0. The minimum Gasteiger partial charge on any atom is -0.444 e. The monoisotopic (exact) mass is 309 g/mol. The summed E-state index contributed by atoms with van der Waals surface area (Å²) in [6, 6.07) is 0. The molecule has 126 valence electrons. The number of allylic oxidation sites excluding steroid dienone is 1. The third-order valence-electron chi connectivity index (χ3n) is 3.41. The van der Waals surface area contributed by atoms with Gasteiger partial charge in [-0.05, 0) is 53.3 Å². The maximum atomic E-state index is 11.7. The first-order valence-corrected chi connectivity index (χ1v) is 7.89. The lowest BCUT2D eigenvalue weighted by atomic mass is 10.1. The van der Waals surface area contributed by atoms with Crippen molar-refractivity contribution in [1.82, 2.24) is 15.1 Å². The molecule has 0 aromatic carbocycles. The van der Waals surface area contributed by atoms with Crippen molar-refractivity contribution in [2.24, 2.45) is 5.92 Å². The van der Waals surface area contributed by atoms with Gasteiger partial charge in [-0.15, -0.1) is 0 Å². The van der Waals surface area contributed by atoms with Gasteiger partial charge in [-0.1, -0.05) is 12.7 Å². The Kier molecular flexibility index (Phi) is 6.94. The van der Waals surface area contributed by atoms with Crippen molar-refractivity contribution in [2.75, 3.05) is 40.3 Å². The summed E-state index contributed by atoms with van der Waals surface area (Å²) in [5.41, 5.74) is 0.596. The van der Waals surface area contributed by atoms with Crippen LogP contribution in [0.1, 0.15) is 27.2 Å². The standard InChI is InChI=1S/C17H31N3O2/c1-14(8-7-10-19(5)6)20-11-9-15(13-20)12-18-16(21)22-17(2,3)4/h7-8,15H,1,9-13H2,2-6H3,(H,18,21)/b8-7+. The SMILES string of the molecule is C=C(/C=C/CN(C)C)N1CCC(CNC(=O)OC(C)(C)C)C1. The van der Waals surface area contributed by atoms with Crippen LogP contribution in [0.15, 0.2) is 24.4 Å². The molecule has 0 aromatic heterocycles. The lowest BCUT2D eigenvalue weighted by Gasteiger charge is -2.21. The van der Waals surface area contributed by atoms with E-state index in [0.717, 1.165) is 31.8 Å². The Labute approximate surface area is 135 Å². The fourth-order valence-corrected chi connectivity index (χ4v) is 2.31. The third-order valence-corrected chi connectivity index (χ3v) is 3.41. The van der Waals surface area contributed by atoms with Gasteiger partial charge >= 0.3 is 6.09 Å². The van der Waals surface area contributed by atoms with Crippen LogP contribution in [0.5, 0.6) is 0 Å². The fourth-order valence-electron chi connectivity index (χ4n) is 2.31. The topological polar surface area (TPSA) is 44.8 Å². The molecule has 1 rings (SSSR count). The van der Waals surface area contributed by atoms with Crippen LogP contribution in [0.2, 0.25) is 0 Å². The zero-order valence-electron chi connectivity index (χ0n) is 14.7. The molecule has 0 spiro atoms. The number of likely N-dealkylation sites (tertiary alicyclic amines) is 1. The number of nitrogens with one attached hydrogen (secondary N) is 1. The summed E-state index contributed by atoms with van der Waals surface area (Å²) in [4.78, 5) is 16.0. The van der Waals surface area contributed by atoms with Crippen LogP contribution in [0, 0.1) is 5.92 Å². The van der Waals surface area contributed by atoms with E-state index in [1.807, 2.05) is 34.9 Å². The van der Waals surface area contributed by atoms with Crippen LogP contribution in [0.4, 0.5) is 4.79 Å². The predicted octanol–water partition coefficient (Wildman–Crippen LogP) is 2.46. The van der Waals surface area contributed by atoms with E-state index in [-0.39, 0.29) is 6.09 Å². The molecule has 1 heterocycles. The van der Waals surface area contributed by atoms with Gasteiger partial charge in [0.1, 0.15) is 5.60 Å².